The lowest BCUT2D eigenvalue weighted by Crippen LogP contribution is -2.55. The molecule has 3 atom stereocenters. The van der Waals surface area contributed by atoms with E-state index in [-0.39, 0.29) is 17.6 Å². The number of hydrogen-bond donors (Lipinski definition) is 6. The van der Waals surface area contributed by atoms with E-state index in [0.29, 0.717) is 5.75 Å². The maximum atomic E-state index is 11.9. The molecule has 0 aliphatic carbocycles. The van der Waals surface area contributed by atoms with Crippen LogP contribution in [0.2, 0.25) is 0 Å². The topological polar surface area (TPSA) is 99.3 Å². The maximum absolute atomic E-state index is 11.9. The normalized spacial score (nSPS) is 14.8. The van der Waals surface area contributed by atoms with Crippen molar-refractivity contribution in [2.24, 2.45) is 0 Å². The second-order valence-electron chi connectivity index (χ2n) is 4.11. The molecule has 9 heteroatoms. The van der Waals surface area contributed by atoms with Gasteiger partial charge in [-0.15, -0.1) is 0 Å². The average Bonchev–Trinajstić information content (AvgIpc) is 2.44. The Morgan fingerprint density at radius 2 is 1.45 bits per heavy atom. The first-order chi connectivity index (χ1) is 9.40. The highest BCUT2D eigenvalue weighted by atomic mass is 32.1. The van der Waals surface area contributed by atoms with Crippen LogP contribution in [0.3, 0.4) is 0 Å². The van der Waals surface area contributed by atoms with Crippen molar-refractivity contribution in [2.75, 3.05) is 25.6 Å². The largest absolute Gasteiger partial charge is 0.357 e. The van der Waals surface area contributed by atoms with Crippen LogP contribution >= 0.6 is 25.3 Å². The van der Waals surface area contributed by atoms with E-state index < -0.39 is 24.0 Å². The number of hydrogen-bond acceptors (Lipinski definition) is 6. The van der Waals surface area contributed by atoms with Crippen molar-refractivity contribution in [1.29, 1.82) is 0 Å². The van der Waals surface area contributed by atoms with E-state index in [9.17, 15) is 14.4 Å². The van der Waals surface area contributed by atoms with E-state index >= 15 is 0 Å². The van der Waals surface area contributed by atoms with Crippen LogP contribution in [0, 0.1) is 0 Å². The van der Waals surface area contributed by atoms with Crippen LogP contribution in [0.25, 0.3) is 0 Å². The van der Waals surface area contributed by atoms with Gasteiger partial charge in [0.2, 0.25) is 17.7 Å². The van der Waals surface area contributed by atoms with Gasteiger partial charge in [-0.3, -0.25) is 14.4 Å². The molecule has 116 valence electrons. The Labute approximate surface area is 129 Å². The van der Waals surface area contributed by atoms with Crippen molar-refractivity contribution in [2.45, 2.75) is 25.0 Å². The molecule has 20 heavy (non-hydrogen) atoms. The highest BCUT2D eigenvalue weighted by molar-refractivity contribution is 7.80. The Morgan fingerprint density at radius 1 is 0.900 bits per heavy atom. The smallest absolute Gasteiger partial charge is 0.243 e. The Bertz CT molecular complexity index is 351. The Kier molecular flexibility index (Phi) is 9.43. The van der Waals surface area contributed by atoms with Gasteiger partial charge in [0.15, 0.2) is 0 Å². The molecular formula is C11H22N4O3S2. The molecule has 0 heterocycles. The molecule has 0 aliphatic rings. The van der Waals surface area contributed by atoms with Gasteiger partial charge in [0.05, 0.1) is 6.04 Å². The second kappa shape index (κ2) is 9.89. The zero-order chi connectivity index (χ0) is 15.7. The van der Waals surface area contributed by atoms with E-state index in [1.54, 1.807) is 7.05 Å². The summed E-state index contributed by atoms with van der Waals surface area (Å²) in [6.07, 6.45) is 0. The molecule has 0 spiro atoms. The molecule has 7 nitrogen and oxygen atoms in total. The summed E-state index contributed by atoms with van der Waals surface area (Å²) >= 11 is 8.03. The molecule has 0 fully saturated rings. The van der Waals surface area contributed by atoms with E-state index in [2.05, 4.69) is 46.5 Å². The summed E-state index contributed by atoms with van der Waals surface area (Å²) in [6, 6.07) is -1.97. The van der Waals surface area contributed by atoms with Gasteiger partial charge in [-0.1, -0.05) is 0 Å². The number of nitrogens with one attached hydrogen (secondary N) is 4. The highest BCUT2D eigenvalue weighted by Crippen LogP contribution is 1.93. The van der Waals surface area contributed by atoms with Gasteiger partial charge in [-0.2, -0.15) is 25.3 Å². The molecule has 0 radical (unpaired) electrons. The fraction of sp³-hybridized carbons (Fsp3) is 0.727. The van der Waals surface area contributed by atoms with Gasteiger partial charge in [0, 0.05) is 18.6 Å². The fourth-order valence-electron chi connectivity index (χ4n) is 1.35. The number of carbonyl (C=O) groups excluding carboxylic acids is 3. The molecule has 0 aromatic rings. The quantitative estimate of drug-likeness (QED) is 0.296. The molecule has 0 unspecified atom stereocenters. The van der Waals surface area contributed by atoms with Crippen LogP contribution in [0.15, 0.2) is 0 Å². The SMILES string of the molecule is CNC(=O)[C@H](CS)NC(=O)[C@H](C)NC(=O)[C@H](CS)NC. The van der Waals surface area contributed by atoms with Crippen LogP contribution in [-0.2, 0) is 14.4 Å². The van der Waals surface area contributed by atoms with Crippen molar-refractivity contribution in [3.63, 3.8) is 0 Å². The summed E-state index contributed by atoms with van der Waals surface area (Å²) < 4.78 is 0. The van der Waals surface area contributed by atoms with Gasteiger partial charge in [-0.05, 0) is 14.0 Å². The predicted octanol–water partition coefficient (Wildman–Crippen LogP) is -1.83. The molecule has 0 aromatic heterocycles. The number of rotatable bonds is 8. The highest BCUT2D eigenvalue weighted by Gasteiger charge is 2.24. The monoisotopic (exact) mass is 322 g/mol. The van der Waals surface area contributed by atoms with E-state index in [1.165, 1.54) is 14.0 Å². The summed E-state index contributed by atoms with van der Waals surface area (Å²) in [5.41, 5.74) is 0. The minimum absolute atomic E-state index is 0.169. The molecule has 0 saturated carbocycles. The standard InChI is InChI=1S/C11H22N4O3S2/c1-6(14-11(18)7(4-19)12-2)9(16)15-8(5-20)10(17)13-3/h6-8,12,19-20H,4-5H2,1-3H3,(H,13,17)(H,14,18)(H,15,16)/t6-,7-,8-/m0/s1. The van der Waals surface area contributed by atoms with Crippen LogP contribution in [-0.4, -0.2) is 61.4 Å². The van der Waals surface area contributed by atoms with Crippen molar-refractivity contribution in [3.05, 3.63) is 0 Å². The summed E-state index contributed by atoms with van der Waals surface area (Å²) in [5, 5.41) is 10.3. The summed E-state index contributed by atoms with van der Waals surface area (Å²) in [7, 11) is 3.11. The lowest BCUT2D eigenvalue weighted by atomic mass is 10.2. The van der Waals surface area contributed by atoms with Gasteiger partial charge in [-0.25, -0.2) is 0 Å². The fourth-order valence-corrected chi connectivity index (χ4v) is 1.96. The molecule has 3 amide bonds. The Morgan fingerprint density at radius 3 is 1.85 bits per heavy atom. The Balaban J connectivity index is 4.47. The second-order valence-corrected chi connectivity index (χ2v) is 4.84. The van der Waals surface area contributed by atoms with E-state index in [4.69, 9.17) is 0 Å². The molecule has 0 aromatic carbocycles. The molecule has 0 bridgehead atoms. The number of thiol groups is 2. The maximum Gasteiger partial charge on any atom is 0.243 e. The molecule has 0 rings (SSSR count). The summed E-state index contributed by atoms with van der Waals surface area (Å²) in [5.74, 6) is -0.631. The number of amides is 3. The van der Waals surface area contributed by atoms with Gasteiger partial charge >= 0.3 is 0 Å². The van der Waals surface area contributed by atoms with Crippen LogP contribution in [0.1, 0.15) is 6.92 Å². The summed E-state index contributed by atoms with van der Waals surface area (Å²) in [6.45, 7) is 1.54. The summed E-state index contributed by atoms with van der Waals surface area (Å²) in [4.78, 5) is 35.1. The van der Waals surface area contributed by atoms with Gasteiger partial charge < -0.3 is 21.3 Å². The lowest BCUT2D eigenvalue weighted by molar-refractivity contribution is -0.131. The first-order valence-corrected chi connectivity index (χ1v) is 7.39. The number of likely N-dealkylation sites (N-methyl/N-ethyl adjacent to an activating group) is 2. The predicted molar refractivity (Wildman–Crippen MR) is 84.2 cm³/mol. The van der Waals surface area contributed by atoms with Crippen LogP contribution in [0.5, 0.6) is 0 Å². The first kappa shape index (κ1) is 19.1. The van der Waals surface area contributed by atoms with Crippen molar-refractivity contribution in [3.8, 4) is 0 Å². The van der Waals surface area contributed by atoms with Crippen LogP contribution in [0.4, 0.5) is 0 Å². The minimum atomic E-state index is -0.759. The number of carbonyl (C=O) groups is 3. The average molecular weight is 322 g/mol. The third kappa shape index (κ3) is 6.02. The zero-order valence-corrected chi connectivity index (χ0v) is 13.6. The first-order valence-electron chi connectivity index (χ1n) is 6.12. The van der Waals surface area contributed by atoms with Crippen LogP contribution < -0.4 is 21.3 Å². The molecule has 0 saturated heterocycles. The van der Waals surface area contributed by atoms with Crippen molar-refractivity contribution >= 4 is 43.0 Å². The third-order valence-corrected chi connectivity index (χ3v) is 3.39. The van der Waals surface area contributed by atoms with E-state index in [0.717, 1.165) is 0 Å². The van der Waals surface area contributed by atoms with E-state index in [1.807, 2.05) is 0 Å². The van der Waals surface area contributed by atoms with Crippen molar-refractivity contribution in [1.82, 2.24) is 21.3 Å². The minimum Gasteiger partial charge on any atom is -0.357 e. The molecular weight excluding hydrogens is 300 g/mol. The van der Waals surface area contributed by atoms with Gasteiger partial charge in [0.1, 0.15) is 12.1 Å². The molecule has 0 aliphatic heterocycles. The van der Waals surface area contributed by atoms with Crippen molar-refractivity contribution < 1.29 is 14.4 Å². The lowest BCUT2D eigenvalue weighted by Gasteiger charge is -2.21. The molecule has 4 N–H and O–H groups in total. The Hall–Kier alpha value is -0.930. The third-order valence-electron chi connectivity index (χ3n) is 2.66. The van der Waals surface area contributed by atoms with Gasteiger partial charge in [0.25, 0.3) is 0 Å². The zero-order valence-electron chi connectivity index (χ0n) is 11.8.